The van der Waals surface area contributed by atoms with Gasteiger partial charge in [-0.05, 0) is 6.42 Å². The number of hydrogen-bond acceptors (Lipinski definition) is 3. The summed E-state index contributed by atoms with van der Waals surface area (Å²) < 4.78 is 16.2. The Morgan fingerprint density at radius 2 is 2.08 bits per heavy atom. The van der Waals surface area contributed by atoms with Crippen molar-refractivity contribution in [3.63, 3.8) is 0 Å². The van der Waals surface area contributed by atoms with Gasteiger partial charge in [0.05, 0.1) is 6.61 Å². The Kier molecular flexibility index (Phi) is 6.24. The third-order valence-electron chi connectivity index (χ3n) is 1.25. The molecule has 0 N–H and O–H groups in total. The highest BCUT2D eigenvalue weighted by Gasteiger charge is 2.09. The van der Waals surface area contributed by atoms with Crippen LogP contribution in [0.25, 0.3) is 0 Å². The maximum absolute atomic E-state index is 11.6. The maximum Gasteiger partial charge on any atom is 0.313 e. The first-order valence-corrected chi connectivity index (χ1v) is 3.94. The van der Waals surface area contributed by atoms with Crippen molar-refractivity contribution in [2.75, 3.05) is 13.3 Å². The van der Waals surface area contributed by atoms with Gasteiger partial charge in [0.2, 0.25) is 0 Å². The molecule has 0 heterocycles. The molecule has 0 aliphatic rings. The van der Waals surface area contributed by atoms with Crippen molar-refractivity contribution in [3.05, 3.63) is 0 Å². The number of unbranched alkanes of at least 4 members (excludes halogenated alkanes) is 1. The number of carbonyl (C=O) groups excluding carboxylic acids is 2. The lowest BCUT2D eigenvalue weighted by atomic mass is 10.3. The normalized spacial score (nSPS) is 9.50. The lowest BCUT2D eigenvalue weighted by Crippen LogP contribution is -2.12. The van der Waals surface area contributed by atoms with Gasteiger partial charge in [0, 0.05) is 0 Å². The summed E-state index contributed by atoms with van der Waals surface area (Å²) in [7, 11) is 0. The van der Waals surface area contributed by atoms with E-state index in [1.54, 1.807) is 0 Å². The minimum absolute atomic E-state index is 0.314. The van der Waals surface area contributed by atoms with Crippen LogP contribution in [0.2, 0.25) is 0 Å². The van der Waals surface area contributed by atoms with Gasteiger partial charge in [0.1, 0.15) is 13.1 Å². The highest BCUT2D eigenvalue weighted by atomic mass is 19.1. The van der Waals surface area contributed by atoms with Crippen molar-refractivity contribution in [1.82, 2.24) is 0 Å². The fraction of sp³-hybridized carbons (Fsp3) is 0.750. The minimum atomic E-state index is -1.09. The molecule has 0 aliphatic heterocycles. The maximum atomic E-state index is 11.6. The molecule has 0 aromatic rings. The first-order chi connectivity index (χ1) is 5.70. The fourth-order valence-corrected chi connectivity index (χ4v) is 0.590. The number of esters is 1. The predicted octanol–water partition coefficient (Wildman–Crippen LogP) is 1.26. The highest BCUT2D eigenvalue weighted by molar-refractivity contribution is 5.96. The van der Waals surface area contributed by atoms with Crippen LogP contribution in [0.3, 0.4) is 0 Å². The van der Waals surface area contributed by atoms with Gasteiger partial charge in [-0.2, -0.15) is 0 Å². The van der Waals surface area contributed by atoms with Crippen LogP contribution in [-0.4, -0.2) is 25.0 Å². The van der Waals surface area contributed by atoms with Gasteiger partial charge in [0.25, 0.3) is 0 Å². The molecule has 0 aliphatic carbocycles. The molecule has 0 saturated heterocycles. The number of rotatable bonds is 6. The van der Waals surface area contributed by atoms with E-state index in [0.29, 0.717) is 6.61 Å². The molecule has 3 nitrogen and oxygen atoms in total. The molecule has 0 radical (unpaired) electrons. The Labute approximate surface area is 70.9 Å². The van der Waals surface area contributed by atoms with Crippen LogP contribution < -0.4 is 0 Å². The molecule has 0 bridgehead atoms. The van der Waals surface area contributed by atoms with Gasteiger partial charge < -0.3 is 4.74 Å². The van der Waals surface area contributed by atoms with E-state index in [2.05, 4.69) is 4.74 Å². The summed E-state index contributed by atoms with van der Waals surface area (Å²) in [6, 6.07) is 0. The third kappa shape index (κ3) is 5.82. The van der Waals surface area contributed by atoms with E-state index in [0.717, 1.165) is 12.8 Å². The lowest BCUT2D eigenvalue weighted by molar-refractivity contribution is -0.146. The van der Waals surface area contributed by atoms with Crippen molar-refractivity contribution in [2.24, 2.45) is 0 Å². The highest BCUT2D eigenvalue weighted by Crippen LogP contribution is 1.93. The molecule has 0 aromatic carbocycles. The summed E-state index contributed by atoms with van der Waals surface area (Å²) in [6.07, 6.45) is 1.25. The molecule has 12 heavy (non-hydrogen) atoms. The quantitative estimate of drug-likeness (QED) is 0.347. The summed E-state index contributed by atoms with van der Waals surface area (Å²) in [5, 5.41) is 0. The Morgan fingerprint density at radius 3 is 2.58 bits per heavy atom. The van der Waals surface area contributed by atoms with E-state index in [4.69, 9.17) is 0 Å². The Hall–Kier alpha value is -0.930. The van der Waals surface area contributed by atoms with Gasteiger partial charge in [-0.3, -0.25) is 9.59 Å². The smallest absolute Gasteiger partial charge is 0.313 e. The van der Waals surface area contributed by atoms with Crippen molar-refractivity contribution in [3.8, 4) is 0 Å². The Bertz CT molecular complexity index is 156. The van der Waals surface area contributed by atoms with Crippen LogP contribution in [0, 0.1) is 0 Å². The summed E-state index contributed by atoms with van der Waals surface area (Å²) >= 11 is 0. The molecule has 0 spiro atoms. The average molecular weight is 176 g/mol. The Morgan fingerprint density at radius 1 is 1.42 bits per heavy atom. The number of carbonyl (C=O) groups is 2. The summed E-state index contributed by atoms with van der Waals surface area (Å²) in [5.41, 5.74) is 0. The summed E-state index contributed by atoms with van der Waals surface area (Å²) in [5.74, 6) is -1.36. The van der Waals surface area contributed by atoms with E-state index in [-0.39, 0.29) is 0 Å². The molecule has 0 aromatic heterocycles. The van der Waals surface area contributed by atoms with E-state index in [1.807, 2.05) is 6.92 Å². The van der Waals surface area contributed by atoms with Gasteiger partial charge in [-0.1, -0.05) is 13.3 Å². The number of ketones is 1. The van der Waals surface area contributed by atoms with Crippen LogP contribution >= 0.6 is 0 Å². The molecule has 0 rings (SSSR count). The van der Waals surface area contributed by atoms with Gasteiger partial charge in [0.15, 0.2) is 5.78 Å². The zero-order valence-corrected chi connectivity index (χ0v) is 7.14. The van der Waals surface area contributed by atoms with E-state index < -0.39 is 24.8 Å². The topological polar surface area (TPSA) is 43.4 Å². The molecule has 0 unspecified atom stereocenters. The first-order valence-electron chi connectivity index (χ1n) is 3.94. The van der Waals surface area contributed by atoms with Crippen molar-refractivity contribution >= 4 is 11.8 Å². The SMILES string of the molecule is CCCCOC(=O)CC(=O)CF. The lowest BCUT2D eigenvalue weighted by Gasteiger charge is -2.00. The number of alkyl halides is 1. The number of Topliss-reactive ketones (excluding diaryl/α,β-unsaturated/α-hetero) is 1. The fourth-order valence-electron chi connectivity index (χ4n) is 0.590. The van der Waals surface area contributed by atoms with Crippen LogP contribution in [0.1, 0.15) is 26.2 Å². The van der Waals surface area contributed by atoms with Crippen molar-refractivity contribution in [2.45, 2.75) is 26.2 Å². The van der Waals surface area contributed by atoms with Gasteiger partial charge in [-0.15, -0.1) is 0 Å². The predicted molar refractivity (Wildman–Crippen MR) is 41.5 cm³/mol. The number of halogens is 1. The standard InChI is InChI=1S/C8H13FO3/c1-2-3-4-12-8(11)5-7(10)6-9/h2-6H2,1H3. The Balaban J connectivity index is 3.40. The largest absolute Gasteiger partial charge is 0.465 e. The zero-order chi connectivity index (χ0) is 9.40. The first kappa shape index (κ1) is 11.1. The number of ether oxygens (including phenoxy) is 1. The van der Waals surface area contributed by atoms with E-state index in [1.165, 1.54) is 0 Å². The summed E-state index contributed by atoms with van der Waals surface area (Å²) in [4.78, 5) is 21.1. The molecular formula is C8H13FO3. The van der Waals surface area contributed by atoms with Gasteiger partial charge in [-0.25, -0.2) is 4.39 Å². The van der Waals surface area contributed by atoms with E-state index >= 15 is 0 Å². The number of hydrogen-bond donors (Lipinski definition) is 0. The second-order valence-electron chi connectivity index (χ2n) is 2.42. The molecule has 70 valence electrons. The van der Waals surface area contributed by atoms with E-state index in [9.17, 15) is 14.0 Å². The second kappa shape index (κ2) is 6.76. The monoisotopic (exact) mass is 176 g/mol. The van der Waals surface area contributed by atoms with Crippen LogP contribution in [-0.2, 0) is 14.3 Å². The molecule has 0 atom stereocenters. The summed E-state index contributed by atoms with van der Waals surface area (Å²) in [6.45, 7) is 1.18. The van der Waals surface area contributed by atoms with Crippen LogP contribution in [0.4, 0.5) is 4.39 Å². The molecule has 0 fully saturated rings. The zero-order valence-electron chi connectivity index (χ0n) is 7.14. The second-order valence-corrected chi connectivity index (χ2v) is 2.42. The van der Waals surface area contributed by atoms with Crippen molar-refractivity contribution < 1.29 is 18.7 Å². The molecule has 4 heteroatoms. The molecular weight excluding hydrogens is 163 g/mol. The van der Waals surface area contributed by atoms with Crippen molar-refractivity contribution in [1.29, 1.82) is 0 Å². The third-order valence-corrected chi connectivity index (χ3v) is 1.25. The molecule has 0 amide bonds. The average Bonchev–Trinajstić information content (AvgIpc) is 2.05. The van der Waals surface area contributed by atoms with Crippen LogP contribution in [0.5, 0.6) is 0 Å². The van der Waals surface area contributed by atoms with Crippen LogP contribution in [0.15, 0.2) is 0 Å². The van der Waals surface area contributed by atoms with Gasteiger partial charge >= 0.3 is 5.97 Å². The minimum Gasteiger partial charge on any atom is -0.465 e. The molecule has 0 saturated carbocycles.